The molecule has 1 aliphatic heterocycles. The van der Waals surface area contributed by atoms with E-state index in [1.807, 2.05) is 36.4 Å². The van der Waals surface area contributed by atoms with Gasteiger partial charge in [0.15, 0.2) is 0 Å². The molecule has 5 heteroatoms. The van der Waals surface area contributed by atoms with Crippen LogP contribution in [0.4, 0.5) is 0 Å². The second-order valence-electron chi connectivity index (χ2n) is 7.00. The van der Waals surface area contributed by atoms with Gasteiger partial charge in [-0.25, -0.2) is 0 Å². The molecule has 4 rings (SSSR count). The van der Waals surface area contributed by atoms with Crippen molar-refractivity contribution in [1.29, 1.82) is 0 Å². The number of benzene rings is 2. The SMILES string of the molecule is O=C(CN[C@H]1CCCc2ccc(O)cc21)N[C@@H]1CCOc2ccccc21. The Morgan fingerprint density at radius 2 is 2.00 bits per heavy atom. The highest BCUT2D eigenvalue weighted by atomic mass is 16.5. The zero-order valence-corrected chi connectivity index (χ0v) is 14.7. The molecule has 2 atom stereocenters. The summed E-state index contributed by atoms with van der Waals surface area (Å²) < 4.78 is 5.65. The van der Waals surface area contributed by atoms with Crippen LogP contribution in [0.25, 0.3) is 0 Å². The number of hydrogen-bond acceptors (Lipinski definition) is 4. The predicted molar refractivity (Wildman–Crippen MR) is 99.2 cm³/mol. The average molecular weight is 352 g/mol. The van der Waals surface area contributed by atoms with Crippen LogP contribution in [-0.4, -0.2) is 24.2 Å². The smallest absolute Gasteiger partial charge is 0.234 e. The number of hydrogen-bond donors (Lipinski definition) is 3. The predicted octanol–water partition coefficient (Wildman–Crippen LogP) is 3.00. The van der Waals surface area contributed by atoms with Crippen molar-refractivity contribution in [3.05, 3.63) is 59.2 Å². The molecule has 0 bridgehead atoms. The molecule has 5 nitrogen and oxygen atoms in total. The summed E-state index contributed by atoms with van der Waals surface area (Å²) >= 11 is 0. The third-order valence-corrected chi connectivity index (χ3v) is 5.25. The lowest BCUT2D eigenvalue weighted by molar-refractivity contribution is -0.121. The molecule has 1 heterocycles. The number of para-hydroxylation sites is 1. The van der Waals surface area contributed by atoms with Gasteiger partial charge in [0.25, 0.3) is 0 Å². The van der Waals surface area contributed by atoms with Crippen LogP contribution in [0.15, 0.2) is 42.5 Å². The van der Waals surface area contributed by atoms with E-state index in [9.17, 15) is 9.90 Å². The summed E-state index contributed by atoms with van der Waals surface area (Å²) in [7, 11) is 0. The van der Waals surface area contributed by atoms with E-state index in [-0.39, 0.29) is 30.3 Å². The molecule has 2 aromatic rings. The third-order valence-electron chi connectivity index (χ3n) is 5.25. The molecular formula is C21H24N2O3. The number of nitrogens with one attached hydrogen (secondary N) is 2. The standard InChI is InChI=1S/C21H24N2O3/c24-15-9-8-14-4-3-6-18(17(14)12-15)22-13-21(25)23-19-10-11-26-20-7-2-1-5-16(19)20/h1-2,5,7-9,12,18-19,22,24H,3-4,6,10-11,13H2,(H,23,25)/t18-,19+/m0/s1. The van der Waals surface area contributed by atoms with Gasteiger partial charge in [0.2, 0.25) is 5.91 Å². The van der Waals surface area contributed by atoms with Crippen LogP contribution in [-0.2, 0) is 11.2 Å². The lowest BCUT2D eigenvalue weighted by Crippen LogP contribution is -2.39. The summed E-state index contributed by atoms with van der Waals surface area (Å²) in [6.07, 6.45) is 3.87. The highest BCUT2D eigenvalue weighted by molar-refractivity contribution is 5.78. The lowest BCUT2D eigenvalue weighted by atomic mass is 9.87. The summed E-state index contributed by atoms with van der Waals surface area (Å²) in [5, 5.41) is 16.3. The van der Waals surface area contributed by atoms with Crippen LogP contribution in [0, 0.1) is 0 Å². The van der Waals surface area contributed by atoms with Gasteiger partial charge in [-0.05, 0) is 48.6 Å². The number of ether oxygens (including phenoxy) is 1. The maximum Gasteiger partial charge on any atom is 0.234 e. The van der Waals surface area contributed by atoms with E-state index >= 15 is 0 Å². The van der Waals surface area contributed by atoms with Gasteiger partial charge in [-0.2, -0.15) is 0 Å². The van der Waals surface area contributed by atoms with Crippen molar-refractivity contribution in [2.45, 2.75) is 37.8 Å². The molecule has 0 aromatic heterocycles. The van der Waals surface area contributed by atoms with Crippen molar-refractivity contribution in [3.63, 3.8) is 0 Å². The fourth-order valence-corrected chi connectivity index (χ4v) is 3.95. The molecule has 0 saturated carbocycles. The highest BCUT2D eigenvalue weighted by Crippen LogP contribution is 2.33. The van der Waals surface area contributed by atoms with Gasteiger partial charge in [0.1, 0.15) is 11.5 Å². The van der Waals surface area contributed by atoms with E-state index in [4.69, 9.17) is 4.74 Å². The number of rotatable bonds is 4. The monoisotopic (exact) mass is 352 g/mol. The van der Waals surface area contributed by atoms with E-state index in [1.165, 1.54) is 5.56 Å². The Hall–Kier alpha value is -2.53. The summed E-state index contributed by atoms with van der Waals surface area (Å²) in [4.78, 5) is 12.5. The van der Waals surface area contributed by atoms with Crippen molar-refractivity contribution < 1.29 is 14.6 Å². The summed E-state index contributed by atoms with van der Waals surface area (Å²) in [6, 6.07) is 13.5. The molecule has 3 N–H and O–H groups in total. The van der Waals surface area contributed by atoms with Crippen LogP contribution < -0.4 is 15.4 Å². The zero-order chi connectivity index (χ0) is 17.9. The van der Waals surface area contributed by atoms with E-state index in [0.717, 1.165) is 42.6 Å². The highest BCUT2D eigenvalue weighted by Gasteiger charge is 2.24. The second kappa shape index (κ2) is 7.38. The van der Waals surface area contributed by atoms with Gasteiger partial charge in [0.05, 0.1) is 19.2 Å². The lowest BCUT2D eigenvalue weighted by Gasteiger charge is -2.28. The molecule has 0 unspecified atom stereocenters. The van der Waals surface area contributed by atoms with E-state index < -0.39 is 0 Å². The minimum atomic E-state index is -0.0148. The first-order valence-corrected chi connectivity index (χ1v) is 9.27. The van der Waals surface area contributed by atoms with Crippen LogP contribution >= 0.6 is 0 Å². The molecule has 0 saturated heterocycles. The Morgan fingerprint density at radius 1 is 1.12 bits per heavy atom. The average Bonchev–Trinajstić information content (AvgIpc) is 2.66. The summed E-state index contributed by atoms with van der Waals surface area (Å²) in [5.74, 6) is 1.12. The van der Waals surface area contributed by atoms with Crippen molar-refractivity contribution >= 4 is 5.91 Å². The topological polar surface area (TPSA) is 70.6 Å². The van der Waals surface area contributed by atoms with Gasteiger partial charge >= 0.3 is 0 Å². The quantitative estimate of drug-likeness (QED) is 0.791. The van der Waals surface area contributed by atoms with Crippen molar-refractivity contribution in [3.8, 4) is 11.5 Å². The molecule has 0 spiro atoms. The van der Waals surface area contributed by atoms with E-state index in [0.29, 0.717) is 6.61 Å². The Labute approximate surface area is 153 Å². The minimum Gasteiger partial charge on any atom is -0.508 e. The Balaban J connectivity index is 1.38. The first-order valence-electron chi connectivity index (χ1n) is 9.27. The van der Waals surface area contributed by atoms with Gasteiger partial charge in [-0.1, -0.05) is 24.3 Å². The number of carbonyl (C=O) groups excluding carboxylic acids is 1. The van der Waals surface area contributed by atoms with E-state index in [1.54, 1.807) is 6.07 Å². The van der Waals surface area contributed by atoms with Crippen molar-refractivity contribution in [2.24, 2.45) is 0 Å². The van der Waals surface area contributed by atoms with Crippen molar-refractivity contribution in [2.75, 3.05) is 13.2 Å². The second-order valence-corrected chi connectivity index (χ2v) is 7.00. The zero-order valence-electron chi connectivity index (χ0n) is 14.7. The minimum absolute atomic E-state index is 0.00284. The Bertz CT molecular complexity index is 806. The molecule has 0 radical (unpaired) electrons. The Kier molecular flexibility index (Phi) is 4.80. The van der Waals surface area contributed by atoms with Gasteiger partial charge < -0.3 is 20.5 Å². The summed E-state index contributed by atoms with van der Waals surface area (Å²) in [5.41, 5.74) is 3.41. The largest absolute Gasteiger partial charge is 0.508 e. The van der Waals surface area contributed by atoms with Gasteiger partial charge in [-0.3, -0.25) is 4.79 Å². The van der Waals surface area contributed by atoms with Crippen LogP contribution in [0.3, 0.4) is 0 Å². The fourth-order valence-electron chi connectivity index (χ4n) is 3.95. The molecule has 1 amide bonds. The maximum atomic E-state index is 12.5. The van der Waals surface area contributed by atoms with Crippen LogP contribution in [0.5, 0.6) is 11.5 Å². The normalized spacial score (nSPS) is 21.2. The molecule has 26 heavy (non-hydrogen) atoms. The molecule has 0 fully saturated rings. The van der Waals surface area contributed by atoms with E-state index in [2.05, 4.69) is 10.6 Å². The number of phenols is 1. The number of amides is 1. The van der Waals surface area contributed by atoms with Crippen LogP contribution in [0.1, 0.15) is 48.0 Å². The number of carbonyl (C=O) groups is 1. The van der Waals surface area contributed by atoms with Gasteiger partial charge in [0, 0.05) is 18.0 Å². The maximum absolute atomic E-state index is 12.5. The number of fused-ring (bicyclic) bond motifs is 2. The molecule has 1 aliphatic carbocycles. The Morgan fingerprint density at radius 3 is 2.92 bits per heavy atom. The van der Waals surface area contributed by atoms with Crippen molar-refractivity contribution in [1.82, 2.24) is 10.6 Å². The van der Waals surface area contributed by atoms with Gasteiger partial charge in [-0.15, -0.1) is 0 Å². The molecule has 2 aromatic carbocycles. The molecule has 2 aliphatic rings. The number of aromatic hydroxyl groups is 1. The summed E-state index contributed by atoms with van der Waals surface area (Å²) in [6.45, 7) is 0.879. The molecular weight excluding hydrogens is 328 g/mol. The fraction of sp³-hybridized carbons (Fsp3) is 0.381. The first-order chi connectivity index (χ1) is 12.7. The number of phenolic OH excluding ortho intramolecular Hbond substituents is 1. The molecule has 136 valence electrons. The van der Waals surface area contributed by atoms with Crippen LogP contribution in [0.2, 0.25) is 0 Å². The first kappa shape index (κ1) is 16.9. The number of aryl methyl sites for hydroxylation is 1. The third kappa shape index (κ3) is 3.53.